The van der Waals surface area contributed by atoms with E-state index >= 15 is 0 Å². The first kappa shape index (κ1) is 17.5. The number of carbonyl (C=O) groups excluding carboxylic acids is 1. The van der Waals surface area contributed by atoms with E-state index in [4.69, 9.17) is 4.74 Å². The molecular formula is C21H25NO3. The first-order chi connectivity index (χ1) is 12.1. The summed E-state index contributed by atoms with van der Waals surface area (Å²) in [6.07, 6.45) is 4.75. The monoisotopic (exact) mass is 339 g/mol. The molecule has 3 rings (SSSR count). The van der Waals surface area contributed by atoms with E-state index in [1.807, 2.05) is 30.3 Å². The highest BCUT2D eigenvalue weighted by Crippen LogP contribution is 2.27. The maximum atomic E-state index is 12.3. The Morgan fingerprint density at radius 2 is 1.68 bits per heavy atom. The Morgan fingerprint density at radius 3 is 2.36 bits per heavy atom. The second-order valence-corrected chi connectivity index (χ2v) is 6.77. The molecule has 1 fully saturated rings. The summed E-state index contributed by atoms with van der Waals surface area (Å²) >= 11 is 0. The summed E-state index contributed by atoms with van der Waals surface area (Å²) < 4.78 is 5.73. The molecule has 2 N–H and O–H groups in total. The highest BCUT2D eigenvalue weighted by atomic mass is 16.5. The van der Waals surface area contributed by atoms with Crippen LogP contribution in [-0.4, -0.2) is 23.2 Å². The molecule has 132 valence electrons. The van der Waals surface area contributed by atoms with E-state index < -0.39 is 5.60 Å². The largest absolute Gasteiger partial charge is 0.489 e. The minimum Gasteiger partial charge on any atom is -0.489 e. The molecule has 0 atom stereocenters. The van der Waals surface area contributed by atoms with Crippen LogP contribution in [0.3, 0.4) is 0 Å². The number of rotatable bonds is 6. The van der Waals surface area contributed by atoms with Gasteiger partial charge in [0, 0.05) is 12.1 Å². The van der Waals surface area contributed by atoms with Crippen molar-refractivity contribution in [3.05, 3.63) is 65.7 Å². The minimum absolute atomic E-state index is 0.159. The molecule has 1 aliphatic rings. The maximum Gasteiger partial charge on any atom is 0.251 e. The molecule has 0 saturated heterocycles. The summed E-state index contributed by atoms with van der Waals surface area (Å²) in [5.74, 6) is 0.569. The molecule has 1 saturated carbocycles. The molecule has 4 nitrogen and oxygen atoms in total. The lowest BCUT2D eigenvalue weighted by Gasteiger charge is -2.32. The number of ether oxygens (including phenoxy) is 1. The molecule has 1 aliphatic carbocycles. The van der Waals surface area contributed by atoms with Crippen molar-refractivity contribution in [2.45, 2.75) is 44.3 Å². The Kier molecular flexibility index (Phi) is 5.71. The second kappa shape index (κ2) is 8.17. The van der Waals surface area contributed by atoms with E-state index in [0.717, 1.165) is 37.0 Å². The summed E-state index contributed by atoms with van der Waals surface area (Å²) in [5, 5.41) is 13.3. The minimum atomic E-state index is -0.743. The molecule has 1 amide bonds. The van der Waals surface area contributed by atoms with Gasteiger partial charge in [-0.25, -0.2) is 0 Å². The van der Waals surface area contributed by atoms with Crippen molar-refractivity contribution in [3.8, 4) is 5.75 Å². The van der Waals surface area contributed by atoms with Gasteiger partial charge in [0.1, 0.15) is 12.4 Å². The van der Waals surface area contributed by atoms with E-state index in [1.54, 1.807) is 24.3 Å². The fourth-order valence-corrected chi connectivity index (χ4v) is 3.18. The molecule has 4 heteroatoms. The highest BCUT2D eigenvalue weighted by molar-refractivity contribution is 5.94. The molecular weight excluding hydrogens is 314 g/mol. The van der Waals surface area contributed by atoms with Gasteiger partial charge in [0.25, 0.3) is 5.91 Å². The summed E-state index contributed by atoms with van der Waals surface area (Å²) in [5.41, 5.74) is 0.934. The van der Waals surface area contributed by atoms with Gasteiger partial charge in [-0.15, -0.1) is 0 Å². The van der Waals surface area contributed by atoms with Gasteiger partial charge in [-0.05, 0) is 42.7 Å². The fourth-order valence-electron chi connectivity index (χ4n) is 3.18. The van der Waals surface area contributed by atoms with Crippen LogP contribution < -0.4 is 10.1 Å². The van der Waals surface area contributed by atoms with Crippen molar-refractivity contribution in [3.63, 3.8) is 0 Å². The first-order valence-electron chi connectivity index (χ1n) is 8.92. The summed E-state index contributed by atoms with van der Waals surface area (Å²) in [6, 6.07) is 17.1. The van der Waals surface area contributed by atoms with Crippen molar-refractivity contribution in [1.29, 1.82) is 0 Å². The lowest BCUT2D eigenvalue weighted by Crippen LogP contribution is -2.44. The van der Waals surface area contributed by atoms with E-state index in [-0.39, 0.29) is 5.91 Å². The normalized spacial score (nSPS) is 16.2. The van der Waals surface area contributed by atoms with Crippen LogP contribution in [0.25, 0.3) is 0 Å². The topological polar surface area (TPSA) is 58.6 Å². The third-order valence-corrected chi connectivity index (χ3v) is 4.73. The average molecular weight is 339 g/mol. The molecule has 0 spiro atoms. The standard InChI is InChI=1S/C21H25NO3/c23-20(22-16-21(24)13-5-2-6-14-21)18-9-11-19(12-10-18)25-15-17-7-3-1-4-8-17/h1,3-4,7-12,24H,2,5-6,13-16H2,(H,22,23). The Morgan fingerprint density at radius 1 is 1.00 bits per heavy atom. The zero-order valence-electron chi connectivity index (χ0n) is 14.4. The number of aliphatic hydroxyl groups is 1. The zero-order chi connectivity index (χ0) is 17.5. The predicted molar refractivity (Wildman–Crippen MR) is 97.6 cm³/mol. The van der Waals surface area contributed by atoms with Gasteiger partial charge in [0.15, 0.2) is 0 Å². The van der Waals surface area contributed by atoms with Gasteiger partial charge in [0.05, 0.1) is 5.60 Å². The van der Waals surface area contributed by atoms with Crippen molar-refractivity contribution >= 4 is 5.91 Å². The van der Waals surface area contributed by atoms with Gasteiger partial charge >= 0.3 is 0 Å². The lowest BCUT2D eigenvalue weighted by molar-refractivity contribution is 0.00525. The Hall–Kier alpha value is -2.33. The summed E-state index contributed by atoms with van der Waals surface area (Å²) in [4.78, 5) is 12.3. The molecule has 2 aromatic rings. The number of hydrogen-bond acceptors (Lipinski definition) is 3. The number of hydrogen-bond donors (Lipinski definition) is 2. The Bertz CT molecular complexity index is 676. The summed E-state index contributed by atoms with van der Waals surface area (Å²) in [6.45, 7) is 0.817. The molecule has 2 aromatic carbocycles. The third kappa shape index (κ3) is 5.07. The lowest BCUT2D eigenvalue weighted by atomic mass is 9.85. The van der Waals surface area contributed by atoms with Crippen LogP contribution in [0.1, 0.15) is 48.0 Å². The Balaban J connectivity index is 1.50. The molecule has 0 radical (unpaired) electrons. The zero-order valence-corrected chi connectivity index (χ0v) is 14.4. The van der Waals surface area contributed by atoms with Gasteiger partial charge in [0.2, 0.25) is 0 Å². The van der Waals surface area contributed by atoms with Crippen LogP contribution in [0.5, 0.6) is 5.75 Å². The smallest absolute Gasteiger partial charge is 0.251 e. The van der Waals surface area contributed by atoms with Gasteiger partial charge in [-0.3, -0.25) is 4.79 Å². The van der Waals surface area contributed by atoms with Gasteiger partial charge in [-0.2, -0.15) is 0 Å². The van der Waals surface area contributed by atoms with E-state index in [9.17, 15) is 9.90 Å². The molecule has 0 heterocycles. The first-order valence-corrected chi connectivity index (χ1v) is 8.92. The number of benzene rings is 2. The van der Waals surface area contributed by atoms with Crippen LogP contribution in [0.2, 0.25) is 0 Å². The van der Waals surface area contributed by atoms with E-state index in [1.165, 1.54) is 6.42 Å². The van der Waals surface area contributed by atoms with Crippen LogP contribution in [0.15, 0.2) is 54.6 Å². The SMILES string of the molecule is O=C(NCC1(O)CCCCC1)c1ccc(OCc2ccccc2)cc1. The van der Waals surface area contributed by atoms with Gasteiger partial charge in [-0.1, -0.05) is 49.6 Å². The fraction of sp³-hybridized carbons (Fsp3) is 0.381. The number of nitrogens with one attached hydrogen (secondary N) is 1. The van der Waals surface area contributed by atoms with Crippen LogP contribution in [0, 0.1) is 0 Å². The van der Waals surface area contributed by atoms with Crippen molar-refractivity contribution in [1.82, 2.24) is 5.32 Å². The summed E-state index contributed by atoms with van der Waals surface area (Å²) in [7, 11) is 0. The molecule has 0 aliphatic heterocycles. The number of amides is 1. The molecule has 25 heavy (non-hydrogen) atoms. The van der Waals surface area contributed by atoms with Crippen LogP contribution >= 0.6 is 0 Å². The van der Waals surface area contributed by atoms with Crippen LogP contribution in [0.4, 0.5) is 0 Å². The van der Waals surface area contributed by atoms with Crippen molar-refractivity contribution in [2.24, 2.45) is 0 Å². The Labute approximate surface area is 148 Å². The predicted octanol–water partition coefficient (Wildman–Crippen LogP) is 3.69. The van der Waals surface area contributed by atoms with Crippen molar-refractivity contribution in [2.75, 3.05) is 6.54 Å². The van der Waals surface area contributed by atoms with Crippen molar-refractivity contribution < 1.29 is 14.6 Å². The number of carbonyl (C=O) groups is 1. The van der Waals surface area contributed by atoms with Crippen LogP contribution in [-0.2, 0) is 6.61 Å². The quantitative estimate of drug-likeness (QED) is 0.844. The second-order valence-electron chi connectivity index (χ2n) is 6.77. The molecule has 0 aromatic heterocycles. The van der Waals surface area contributed by atoms with Gasteiger partial charge < -0.3 is 15.2 Å². The highest BCUT2D eigenvalue weighted by Gasteiger charge is 2.29. The average Bonchev–Trinajstić information content (AvgIpc) is 2.66. The maximum absolute atomic E-state index is 12.3. The third-order valence-electron chi connectivity index (χ3n) is 4.73. The van der Waals surface area contributed by atoms with E-state index in [0.29, 0.717) is 18.7 Å². The molecule has 0 unspecified atom stereocenters. The molecule has 0 bridgehead atoms. The van der Waals surface area contributed by atoms with E-state index in [2.05, 4.69) is 5.32 Å².